The molecule has 0 aliphatic carbocycles. The minimum Gasteiger partial charge on any atom is -0.487 e. The molecule has 0 saturated carbocycles. The van der Waals surface area contributed by atoms with E-state index in [9.17, 15) is 9.90 Å². The summed E-state index contributed by atoms with van der Waals surface area (Å²) in [6, 6.07) is 13.3. The Balaban J connectivity index is 1.32. The fourth-order valence-corrected chi connectivity index (χ4v) is 4.49. The summed E-state index contributed by atoms with van der Waals surface area (Å²) in [6.45, 7) is 2.62. The van der Waals surface area contributed by atoms with Gasteiger partial charge in [-0.25, -0.2) is 4.98 Å². The SMILES string of the molecule is O=C(c1cccnc1N1CC[C@@H](Oc2cccc3ncccc23)[C@H](O)C1)N1CCCC1. The number of anilines is 1. The molecule has 1 N–H and O–H groups in total. The lowest BCUT2D eigenvalue weighted by Crippen LogP contribution is -2.50. The first-order chi connectivity index (χ1) is 15.2. The maximum absolute atomic E-state index is 13.0. The van der Waals surface area contributed by atoms with Crippen LogP contribution in [0.25, 0.3) is 10.9 Å². The normalized spacial score (nSPS) is 21.5. The number of carbonyl (C=O) groups excluding carboxylic acids is 1. The van der Waals surface area contributed by atoms with Crippen molar-refractivity contribution in [2.45, 2.75) is 31.5 Å². The molecule has 2 atom stereocenters. The van der Waals surface area contributed by atoms with E-state index in [-0.39, 0.29) is 12.0 Å². The van der Waals surface area contributed by atoms with E-state index in [1.54, 1.807) is 18.5 Å². The molecule has 1 amide bonds. The molecule has 2 saturated heterocycles. The van der Waals surface area contributed by atoms with Crippen molar-refractivity contribution in [3.05, 3.63) is 60.4 Å². The third kappa shape index (κ3) is 3.93. The van der Waals surface area contributed by atoms with Crippen LogP contribution in [0.2, 0.25) is 0 Å². The van der Waals surface area contributed by atoms with Crippen molar-refractivity contribution in [1.82, 2.24) is 14.9 Å². The van der Waals surface area contributed by atoms with Gasteiger partial charge in [0.1, 0.15) is 23.8 Å². The number of ether oxygens (including phenoxy) is 1. The van der Waals surface area contributed by atoms with Crippen LogP contribution in [0.1, 0.15) is 29.6 Å². The van der Waals surface area contributed by atoms with Crippen LogP contribution < -0.4 is 9.64 Å². The largest absolute Gasteiger partial charge is 0.487 e. The van der Waals surface area contributed by atoms with Crippen molar-refractivity contribution >= 4 is 22.6 Å². The molecule has 0 bridgehead atoms. The summed E-state index contributed by atoms with van der Waals surface area (Å²) in [5.41, 5.74) is 1.47. The number of hydrogen-bond acceptors (Lipinski definition) is 6. The van der Waals surface area contributed by atoms with E-state index in [1.807, 2.05) is 46.2 Å². The Hall–Kier alpha value is -3.19. The smallest absolute Gasteiger partial charge is 0.257 e. The van der Waals surface area contributed by atoms with Gasteiger partial charge in [0.05, 0.1) is 11.1 Å². The lowest BCUT2D eigenvalue weighted by Gasteiger charge is -2.37. The Labute approximate surface area is 181 Å². The number of aliphatic hydroxyl groups is 1. The molecule has 2 fully saturated rings. The lowest BCUT2D eigenvalue weighted by molar-refractivity contribution is 0.0249. The standard InChI is InChI=1S/C24H26N4O3/c29-20-16-28(23-18(7-5-12-26-23)24(30)27-13-1-2-14-27)15-10-22(20)31-21-9-3-8-19-17(21)6-4-11-25-19/h3-9,11-12,20,22,29H,1-2,10,13-16H2/t20-,22-/m1/s1. The molecule has 2 aliphatic rings. The number of likely N-dealkylation sites (tertiary alicyclic amines) is 1. The third-order valence-electron chi connectivity index (χ3n) is 6.11. The molecule has 0 spiro atoms. The number of pyridine rings is 2. The maximum atomic E-state index is 13.0. The first-order valence-electron chi connectivity index (χ1n) is 10.9. The fraction of sp³-hybridized carbons (Fsp3) is 0.375. The number of amides is 1. The Bertz CT molecular complexity index is 1080. The topological polar surface area (TPSA) is 78.8 Å². The van der Waals surface area contributed by atoms with Gasteiger partial charge >= 0.3 is 0 Å². The maximum Gasteiger partial charge on any atom is 0.257 e. The van der Waals surface area contributed by atoms with Gasteiger partial charge in [-0.15, -0.1) is 0 Å². The second-order valence-electron chi connectivity index (χ2n) is 8.16. The summed E-state index contributed by atoms with van der Waals surface area (Å²) < 4.78 is 6.21. The Morgan fingerprint density at radius 2 is 1.81 bits per heavy atom. The predicted molar refractivity (Wildman–Crippen MR) is 118 cm³/mol. The quantitative estimate of drug-likeness (QED) is 0.702. The highest BCUT2D eigenvalue weighted by Crippen LogP contribution is 2.29. The van der Waals surface area contributed by atoms with Gasteiger partial charge < -0.3 is 19.6 Å². The molecular weight excluding hydrogens is 392 g/mol. The molecule has 4 heterocycles. The Morgan fingerprint density at radius 1 is 1.00 bits per heavy atom. The molecule has 0 unspecified atom stereocenters. The average molecular weight is 418 g/mol. The Morgan fingerprint density at radius 3 is 2.65 bits per heavy atom. The summed E-state index contributed by atoms with van der Waals surface area (Å²) >= 11 is 0. The summed E-state index contributed by atoms with van der Waals surface area (Å²) in [7, 11) is 0. The summed E-state index contributed by atoms with van der Waals surface area (Å²) in [6.07, 6.45) is 5.16. The van der Waals surface area contributed by atoms with E-state index in [2.05, 4.69) is 9.97 Å². The molecule has 7 heteroatoms. The number of aliphatic hydroxyl groups excluding tert-OH is 1. The molecule has 5 rings (SSSR count). The average Bonchev–Trinajstić information content (AvgIpc) is 3.35. The van der Waals surface area contributed by atoms with E-state index in [0.717, 1.165) is 42.6 Å². The molecule has 2 aliphatic heterocycles. The van der Waals surface area contributed by atoms with Gasteiger partial charge in [0.15, 0.2) is 0 Å². The number of β-amino-alcohol motifs (C(OH)–C–C–N with tert-alkyl or cyclic N) is 1. The number of aromatic nitrogens is 2. The highest BCUT2D eigenvalue weighted by atomic mass is 16.5. The third-order valence-corrected chi connectivity index (χ3v) is 6.11. The van der Waals surface area contributed by atoms with E-state index in [4.69, 9.17) is 4.74 Å². The van der Waals surface area contributed by atoms with Gasteiger partial charge in [0, 0.05) is 50.4 Å². The molecular formula is C24H26N4O3. The summed E-state index contributed by atoms with van der Waals surface area (Å²) in [5, 5.41) is 11.8. The second-order valence-corrected chi connectivity index (χ2v) is 8.16. The first-order valence-corrected chi connectivity index (χ1v) is 10.9. The van der Waals surface area contributed by atoms with E-state index < -0.39 is 6.10 Å². The number of nitrogens with zero attached hydrogens (tertiary/aromatic N) is 4. The van der Waals surface area contributed by atoms with Crippen molar-refractivity contribution in [2.24, 2.45) is 0 Å². The minimum absolute atomic E-state index is 0.0247. The van der Waals surface area contributed by atoms with Crippen LogP contribution in [0, 0.1) is 0 Å². The second kappa shape index (κ2) is 8.51. The van der Waals surface area contributed by atoms with E-state index in [1.165, 1.54) is 0 Å². The van der Waals surface area contributed by atoms with Crippen molar-refractivity contribution in [1.29, 1.82) is 0 Å². The number of fused-ring (bicyclic) bond motifs is 1. The van der Waals surface area contributed by atoms with Gasteiger partial charge in [-0.3, -0.25) is 9.78 Å². The van der Waals surface area contributed by atoms with Gasteiger partial charge in [-0.1, -0.05) is 6.07 Å². The number of carbonyl (C=O) groups is 1. The zero-order valence-electron chi connectivity index (χ0n) is 17.4. The predicted octanol–water partition coefficient (Wildman–Crippen LogP) is 2.88. The highest BCUT2D eigenvalue weighted by molar-refractivity contribution is 5.99. The molecule has 31 heavy (non-hydrogen) atoms. The molecule has 1 aromatic carbocycles. The lowest BCUT2D eigenvalue weighted by atomic mass is 10.0. The summed E-state index contributed by atoms with van der Waals surface area (Å²) in [5.74, 6) is 1.40. The first kappa shape index (κ1) is 19.8. The molecule has 160 valence electrons. The molecule has 2 aromatic heterocycles. The van der Waals surface area contributed by atoms with Crippen molar-refractivity contribution in [2.75, 3.05) is 31.1 Å². The zero-order valence-corrected chi connectivity index (χ0v) is 17.4. The van der Waals surface area contributed by atoms with Crippen molar-refractivity contribution in [3.63, 3.8) is 0 Å². The highest BCUT2D eigenvalue weighted by Gasteiger charge is 2.33. The van der Waals surface area contributed by atoms with Crippen molar-refractivity contribution < 1.29 is 14.6 Å². The molecule has 0 radical (unpaired) electrons. The number of piperidine rings is 1. The van der Waals surface area contributed by atoms with Crippen LogP contribution in [0.15, 0.2) is 54.9 Å². The van der Waals surface area contributed by atoms with Crippen LogP contribution >= 0.6 is 0 Å². The number of benzene rings is 1. The van der Waals surface area contributed by atoms with E-state index in [0.29, 0.717) is 30.9 Å². The van der Waals surface area contributed by atoms with Crippen LogP contribution in [-0.4, -0.2) is 64.3 Å². The van der Waals surface area contributed by atoms with Crippen LogP contribution in [0.5, 0.6) is 5.75 Å². The zero-order chi connectivity index (χ0) is 21.2. The van der Waals surface area contributed by atoms with Crippen LogP contribution in [0.3, 0.4) is 0 Å². The number of rotatable bonds is 4. The molecule has 3 aromatic rings. The van der Waals surface area contributed by atoms with Gasteiger partial charge in [-0.2, -0.15) is 0 Å². The molecule has 7 nitrogen and oxygen atoms in total. The Kier molecular flexibility index (Phi) is 5.42. The van der Waals surface area contributed by atoms with Crippen LogP contribution in [-0.2, 0) is 0 Å². The van der Waals surface area contributed by atoms with E-state index >= 15 is 0 Å². The minimum atomic E-state index is -0.697. The van der Waals surface area contributed by atoms with Gasteiger partial charge in [0.2, 0.25) is 0 Å². The monoisotopic (exact) mass is 418 g/mol. The number of hydrogen-bond donors (Lipinski definition) is 1. The summed E-state index contributed by atoms with van der Waals surface area (Å²) in [4.78, 5) is 25.7. The van der Waals surface area contributed by atoms with Gasteiger partial charge in [0.25, 0.3) is 5.91 Å². The fourth-order valence-electron chi connectivity index (χ4n) is 4.49. The van der Waals surface area contributed by atoms with Crippen LogP contribution in [0.4, 0.5) is 5.82 Å². The van der Waals surface area contributed by atoms with Gasteiger partial charge in [-0.05, 0) is 49.2 Å². The van der Waals surface area contributed by atoms with Crippen molar-refractivity contribution in [3.8, 4) is 5.75 Å².